The number of carbonyl (C=O) groups excluding carboxylic acids is 1. The Kier molecular flexibility index (Phi) is 3.92. The van der Waals surface area contributed by atoms with Crippen molar-refractivity contribution in [2.75, 3.05) is 5.73 Å². The van der Waals surface area contributed by atoms with Crippen LogP contribution < -0.4 is 11.1 Å². The molecule has 0 radical (unpaired) electrons. The Balaban J connectivity index is 2.10. The summed E-state index contributed by atoms with van der Waals surface area (Å²) in [6, 6.07) is 0. The molecule has 1 amide bonds. The molecule has 0 bridgehead atoms. The van der Waals surface area contributed by atoms with Crippen molar-refractivity contribution in [3.05, 3.63) is 29.4 Å². The number of aryl methyl sites for hydroxylation is 1. The van der Waals surface area contributed by atoms with Gasteiger partial charge < -0.3 is 15.6 Å². The molecule has 2 rings (SSSR count). The third-order valence-electron chi connectivity index (χ3n) is 2.54. The van der Waals surface area contributed by atoms with Gasteiger partial charge in [0.05, 0.1) is 18.4 Å². The molecule has 0 spiro atoms. The maximum absolute atomic E-state index is 12.0. The number of hydrogen-bond donors (Lipinski definition) is 2. The fraction of sp³-hybridized carbons (Fsp3) is 0.417. The van der Waals surface area contributed by atoms with Gasteiger partial charge in [-0.3, -0.25) is 4.79 Å². The second-order valence-corrected chi connectivity index (χ2v) is 4.60. The molecule has 3 N–H and O–H groups in total. The van der Waals surface area contributed by atoms with Gasteiger partial charge in [0.25, 0.3) is 5.91 Å². The van der Waals surface area contributed by atoms with Gasteiger partial charge in [-0.2, -0.15) is 4.98 Å². The quantitative estimate of drug-likeness (QED) is 0.847. The van der Waals surface area contributed by atoms with Crippen molar-refractivity contribution in [1.29, 1.82) is 0 Å². The fourth-order valence-electron chi connectivity index (χ4n) is 1.52. The standard InChI is InChI=1S/C12H16N6O2/c1-6(2)11-14-4-8(13)10(17-11)12(19)15-5-9-16-7(3)18-20-9/h4,6H,5,13H2,1-3H3,(H,15,19). The predicted molar refractivity (Wildman–Crippen MR) is 70.7 cm³/mol. The topological polar surface area (TPSA) is 120 Å². The first-order chi connectivity index (χ1) is 9.47. The zero-order chi connectivity index (χ0) is 14.7. The van der Waals surface area contributed by atoms with Crippen LogP contribution in [0.5, 0.6) is 0 Å². The normalized spacial score (nSPS) is 10.8. The summed E-state index contributed by atoms with van der Waals surface area (Å²) in [6.07, 6.45) is 1.44. The van der Waals surface area contributed by atoms with E-state index in [0.29, 0.717) is 17.5 Å². The third kappa shape index (κ3) is 3.08. The van der Waals surface area contributed by atoms with E-state index >= 15 is 0 Å². The highest BCUT2D eigenvalue weighted by atomic mass is 16.5. The molecular formula is C12H16N6O2. The number of nitrogens with zero attached hydrogens (tertiary/aromatic N) is 4. The molecule has 0 saturated heterocycles. The summed E-state index contributed by atoms with van der Waals surface area (Å²) in [4.78, 5) is 24.3. The summed E-state index contributed by atoms with van der Waals surface area (Å²) in [5.41, 5.74) is 6.11. The number of nitrogens with one attached hydrogen (secondary N) is 1. The molecule has 2 heterocycles. The number of anilines is 1. The molecule has 2 aromatic rings. The van der Waals surface area contributed by atoms with Crippen molar-refractivity contribution in [2.45, 2.75) is 33.2 Å². The molecule has 8 heteroatoms. The molecule has 0 aliphatic heterocycles. The second-order valence-electron chi connectivity index (χ2n) is 4.60. The molecule has 2 aromatic heterocycles. The smallest absolute Gasteiger partial charge is 0.272 e. The van der Waals surface area contributed by atoms with Crippen molar-refractivity contribution in [2.24, 2.45) is 0 Å². The van der Waals surface area contributed by atoms with Crippen LogP contribution in [-0.4, -0.2) is 26.0 Å². The highest BCUT2D eigenvalue weighted by molar-refractivity contribution is 5.96. The van der Waals surface area contributed by atoms with Crippen LogP contribution in [0.15, 0.2) is 10.7 Å². The maximum atomic E-state index is 12.0. The number of rotatable bonds is 4. The number of amides is 1. The van der Waals surface area contributed by atoms with Gasteiger partial charge in [0.15, 0.2) is 11.5 Å². The van der Waals surface area contributed by atoms with E-state index in [9.17, 15) is 4.79 Å². The molecule has 106 valence electrons. The Hall–Kier alpha value is -2.51. The van der Waals surface area contributed by atoms with E-state index in [0.717, 1.165) is 0 Å². The Morgan fingerprint density at radius 3 is 2.80 bits per heavy atom. The lowest BCUT2D eigenvalue weighted by Gasteiger charge is -2.08. The average molecular weight is 276 g/mol. The molecule has 0 saturated carbocycles. The fourth-order valence-corrected chi connectivity index (χ4v) is 1.52. The summed E-state index contributed by atoms with van der Waals surface area (Å²) in [7, 11) is 0. The average Bonchev–Trinajstić information content (AvgIpc) is 2.82. The monoisotopic (exact) mass is 276 g/mol. The first-order valence-corrected chi connectivity index (χ1v) is 6.17. The minimum atomic E-state index is -0.400. The van der Waals surface area contributed by atoms with Crippen LogP contribution in [0.3, 0.4) is 0 Å². The number of nitrogens with two attached hydrogens (primary N) is 1. The van der Waals surface area contributed by atoms with E-state index < -0.39 is 5.91 Å². The van der Waals surface area contributed by atoms with Crippen molar-refractivity contribution in [3.63, 3.8) is 0 Å². The van der Waals surface area contributed by atoms with Gasteiger partial charge in [-0.1, -0.05) is 19.0 Å². The van der Waals surface area contributed by atoms with Crippen LogP contribution >= 0.6 is 0 Å². The summed E-state index contributed by atoms with van der Waals surface area (Å²) in [5.74, 6) is 1.12. The van der Waals surface area contributed by atoms with Crippen LogP contribution in [0.2, 0.25) is 0 Å². The SMILES string of the molecule is Cc1noc(CNC(=O)c2nc(C(C)C)ncc2N)n1. The first-order valence-electron chi connectivity index (χ1n) is 6.17. The van der Waals surface area contributed by atoms with Gasteiger partial charge in [-0.15, -0.1) is 0 Å². The number of nitrogen functional groups attached to an aromatic ring is 1. The van der Waals surface area contributed by atoms with Crippen LogP contribution in [0, 0.1) is 6.92 Å². The van der Waals surface area contributed by atoms with Gasteiger partial charge in [-0.25, -0.2) is 9.97 Å². The minimum Gasteiger partial charge on any atom is -0.396 e. The Bertz CT molecular complexity index is 622. The predicted octanol–water partition coefficient (Wildman–Crippen LogP) is 0.804. The lowest BCUT2D eigenvalue weighted by atomic mass is 10.2. The Morgan fingerprint density at radius 2 is 2.20 bits per heavy atom. The van der Waals surface area contributed by atoms with Crippen molar-refractivity contribution < 1.29 is 9.32 Å². The zero-order valence-corrected chi connectivity index (χ0v) is 11.5. The largest absolute Gasteiger partial charge is 0.396 e. The van der Waals surface area contributed by atoms with Crippen LogP contribution in [-0.2, 0) is 6.54 Å². The van der Waals surface area contributed by atoms with E-state index in [2.05, 4.69) is 25.4 Å². The van der Waals surface area contributed by atoms with Gasteiger partial charge in [0.1, 0.15) is 5.82 Å². The van der Waals surface area contributed by atoms with Crippen LogP contribution in [0.4, 0.5) is 5.69 Å². The zero-order valence-electron chi connectivity index (χ0n) is 11.5. The molecule has 8 nitrogen and oxygen atoms in total. The highest BCUT2D eigenvalue weighted by Gasteiger charge is 2.15. The third-order valence-corrected chi connectivity index (χ3v) is 2.54. The molecule has 0 fully saturated rings. The Morgan fingerprint density at radius 1 is 1.45 bits per heavy atom. The van der Waals surface area contributed by atoms with Crippen LogP contribution in [0.1, 0.15) is 47.8 Å². The Labute approximate surface area is 115 Å². The van der Waals surface area contributed by atoms with E-state index in [1.54, 1.807) is 6.92 Å². The van der Waals surface area contributed by atoms with E-state index in [4.69, 9.17) is 10.3 Å². The second kappa shape index (κ2) is 5.64. The number of carbonyl (C=O) groups is 1. The first kappa shape index (κ1) is 13.9. The van der Waals surface area contributed by atoms with Crippen molar-refractivity contribution in [3.8, 4) is 0 Å². The van der Waals surface area contributed by atoms with E-state index in [1.807, 2.05) is 13.8 Å². The van der Waals surface area contributed by atoms with Gasteiger partial charge >= 0.3 is 0 Å². The number of aromatic nitrogens is 4. The molecular weight excluding hydrogens is 260 g/mol. The van der Waals surface area contributed by atoms with Crippen molar-refractivity contribution >= 4 is 11.6 Å². The highest BCUT2D eigenvalue weighted by Crippen LogP contribution is 2.13. The van der Waals surface area contributed by atoms with Gasteiger partial charge in [0, 0.05) is 5.92 Å². The van der Waals surface area contributed by atoms with E-state index in [1.165, 1.54) is 6.20 Å². The van der Waals surface area contributed by atoms with E-state index in [-0.39, 0.29) is 23.8 Å². The summed E-state index contributed by atoms with van der Waals surface area (Å²) in [6.45, 7) is 5.70. The molecule has 0 unspecified atom stereocenters. The molecule has 0 atom stereocenters. The molecule has 0 aliphatic rings. The summed E-state index contributed by atoms with van der Waals surface area (Å²) in [5, 5.41) is 6.26. The number of hydrogen-bond acceptors (Lipinski definition) is 7. The lowest BCUT2D eigenvalue weighted by molar-refractivity contribution is 0.0941. The molecule has 0 aromatic carbocycles. The van der Waals surface area contributed by atoms with Crippen molar-refractivity contribution in [1.82, 2.24) is 25.4 Å². The summed E-state index contributed by atoms with van der Waals surface area (Å²) < 4.78 is 4.90. The minimum absolute atomic E-state index is 0.112. The van der Waals surface area contributed by atoms with Gasteiger partial charge in [0.2, 0.25) is 5.89 Å². The molecule has 20 heavy (non-hydrogen) atoms. The van der Waals surface area contributed by atoms with Crippen LogP contribution in [0.25, 0.3) is 0 Å². The summed E-state index contributed by atoms with van der Waals surface area (Å²) >= 11 is 0. The van der Waals surface area contributed by atoms with Gasteiger partial charge in [-0.05, 0) is 6.92 Å². The lowest BCUT2D eigenvalue weighted by Crippen LogP contribution is -2.26. The maximum Gasteiger partial charge on any atom is 0.272 e. The molecule has 0 aliphatic carbocycles.